The molecule has 0 atom stereocenters. The van der Waals surface area contributed by atoms with E-state index in [1.165, 1.54) is 0 Å². The van der Waals surface area contributed by atoms with E-state index in [0.29, 0.717) is 6.54 Å². The number of nitrogens with two attached hydrogens (primary N) is 2. The minimum Gasteiger partial charge on any atom is -0.368 e. The van der Waals surface area contributed by atoms with Gasteiger partial charge in [-0.2, -0.15) is 0 Å². The van der Waals surface area contributed by atoms with Crippen molar-refractivity contribution in [1.82, 2.24) is 4.90 Å². The van der Waals surface area contributed by atoms with Crippen LogP contribution in [0.3, 0.4) is 0 Å². The fourth-order valence-corrected chi connectivity index (χ4v) is 2.52. The van der Waals surface area contributed by atoms with Gasteiger partial charge in [0.05, 0.1) is 12.0 Å². The van der Waals surface area contributed by atoms with Gasteiger partial charge in [0.15, 0.2) is 0 Å². The Morgan fingerprint density at radius 1 is 1.28 bits per heavy atom. The zero-order chi connectivity index (χ0) is 13.1. The van der Waals surface area contributed by atoms with Crippen LogP contribution < -0.4 is 11.5 Å². The van der Waals surface area contributed by atoms with Crippen molar-refractivity contribution in [3.63, 3.8) is 0 Å². The number of hydrogen-bond donors (Lipinski definition) is 2. The van der Waals surface area contributed by atoms with E-state index in [4.69, 9.17) is 11.5 Å². The molecule has 0 spiro atoms. The van der Waals surface area contributed by atoms with Crippen molar-refractivity contribution in [3.8, 4) is 0 Å². The molecule has 0 aromatic rings. The van der Waals surface area contributed by atoms with Gasteiger partial charge in [0.25, 0.3) is 0 Å². The molecule has 106 valence electrons. The Kier molecular flexibility index (Phi) is 6.63. The maximum Gasteiger partial charge on any atom is 0.237 e. The van der Waals surface area contributed by atoms with Crippen LogP contribution in [-0.2, 0) is 9.59 Å². The molecule has 0 bridgehead atoms. The second kappa shape index (κ2) is 6.95. The summed E-state index contributed by atoms with van der Waals surface area (Å²) in [5.74, 6) is -0.483. The number of carbonyl (C=O) groups is 2. The molecule has 4 N–H and O–H groups in total. The Morgan fingerprint density at radius 3 is 2.11 bits per heavy atom. The van der Waals surface area contributed by atoms with Crippen LogP contribution in [-0.4, -0.2) is 35.8 Å². The Morgan fingerprint density at radius 2 is 1.78 bits per heavy atom. The van der Waals surface area contributed by atoms with Crippen molar-refractivity contribution in [1.29, 1.82) is 0 Å². The zero-order valence-corrected chi connectivity index (χ0v) is 12.0. The smallest absolute Gasteiger partial charge is 0.237 e. The third-order valence-corrected chi connectivity index (χ3v) is 3.62. The molecule has 0 aromatic carbocycles. The van der Waals surface area contributed by atoms with Gasteiger partial charge in [-0.15, -0.1) is 12.4 Å². The van der Waals surface area contributed by atoms with Gasteiger partial charge in [0.2, 0.25) is 11.8 Å². The van der Waals surface area contributed by atoms with Crippen molar-refractivity contribution >= 4 is 24.2 Å². The van der Waals surface area contributed by atoms with Gasteiger partial charge in [0.1, 0.15) is 0 Å². The summed E-state index contributed by atoms with van der Waals surface area (Å²) in [4.78, 5) is 25.1. The normalized spacial score (nSPS) is 17.3. The topological polar surface area (TPSA) is 89.4 Å². The highest BCUT2D eigenvalue weighted by molar-refractivity contribution is 5.88. The largest absolute Gasteiger partial charge is 0.368 e. The first-order valence-electron chi connectivity index (χ1n) is 6.22. The van der Waals surface area contributed by atoms with Gasteiger partial charge in [0, 0.05) is 12.6 Å². The minimum atomic E-state index is -0.475. The molecule has 0 radical (unpaired) electrons. The van der Waals surface area contributed by atoms with Crippen LogP contribution in [0.1, 0.15) is 39.5 Å². The fraction of sp³-hybridized carbons (Fsp3) is 0.833. The Hall–Kier alpha value is -0.810. The highest BCUT2D eigenvalue weighted by Gasteiger charge is 2.43. The molecule has 1 aliphatic rings. The van der Waals surface area contributed by atoms with Gasteiger partial charge in [-0.25, -0.2) is 0 Å². The summed E-state index contributed by atoms with van der Waals surface area (Å²) in [6.07, 6.45) is 3.71. The summed E-state index contributed by atoms with van der Waals surface area (Å²) < 4.78 is 0. The average molecular weight is 278 g/mol. The minimum absolute atomic E-state index is 0. The molecule has 1 fully saturated rings. The average Bonchev–Trinajstić information content (AvgIpc) is 2.74. The van der Waals surface area contributed by atoms with Gasteiger partial charge in [-0.3, -0.25) is 9.59 Å². The molecule has 0 aromatic heterocycles. The first-order valence-corrected chi connectivity index (χ1v) is 6.22. The van der Waals surface area contributed by atoms with Crippen LogP contribution in [0.15, 0.2) is 0 Å². The summed E-state index contributed by atoms with van der Waals surface area (Å²) >= 11 is 0. The molecule has 1 aliphatic carbocycles. The van der Waals surface area contributed by atoms with Gasteiger partial charge in [-0.05, 0) is 26.7 Å². The molecule has 1 saturated carbocycles. The molecule has 0 saturated heterocycles. The molecule has 5 nitrogen and oxygen atoms in total. The Balaban J connectivity index is 0.00000289. The number of nitrogens with zero attached hydrogens (tertiary/aromatic N) is 1. The molecular formula is C12H24ClN3O2. The van der Waals surface area contributed by atoms with E-state index < -0.39 is 11.3 Å². The number of primary amides is 1. The van der Waals surface area contributed by atoms with Crippen LogP contribution in [0.4, 0.5) is 0 Å². The molecule has 0 heterocycles. The Labute approximate surface area is 115 Å². The molecular weight excluding hydrogens is 254 g/mol. The third kappa shape index (κ3) is 3.59. The summed E-state index contributed by atoms with van der Waals surface area (Å²) in [6, 6.07) is -0.0287. The van der Waals surface area contributed by atoms with Crippen LogP contribution >= 0.6 is 12.4 Å². The lowest BCUT2D eigenvalue weighted by Crippen LogP contribution is -2.51. The molecule has 18 heavy (non-hydrogen) atoms. The first kappa shape index (κ1) is 17.2. The maximum atomic E-state index is 12.5. The van der Waals surface area contributed by atoms with E-state index in [2.05, 4.69) is 0 Å². The first-order chi connectivity index (χ1) is 7.93. The van der Waals surface area contributed by atoms with Gasteiger partial charge in [-0.1, -0.05) is 12.8 Å². The number of rotatable bonds is 5. The van der Waals surface area contributed by atoms with Crippen LogP contribution in [0.25, 0.3) is 0 Å². The zero-order valence-electron chi connectivity index (χ0n) is 11.1. The third-order valence-electron chi connectivity index (χ3n) is 3.62. The van der Waals surface area contributed by atoms with Crippen molar-refractivity contribution in [2.75, 3.05) is 13.1 Å². The van der Waals surface area contributed by atoms with Crippen molar-refractivity contribution in [2.24, 2.45) is 16.9 Å². The molecule has 2 amide bonds. The van der Waals surface area contributed by atoms with Gasteiger partial charge < -0.3 is 16.4 Å². The lowest BCUT2D eigenvalue weighted by molar-refractivity contribution is -0.145. The predicted molar refractivity (Wildman–Crippen MR) is 73.2 cm³/mol. The van der Waals surface area contributed by atoms with Crippen molar-refractivity contribution < 1.29 is 9.59 Å². The van der Waals surface area contributed by atoms with Crippen molar-refractivity contribution in [3.05, 3.63) is 0 Å². The lowest BCUT2D eigenvalue weighted by atomic mass is 9.84. The maximum absolute atomic E-state index is 12.5. The van der Waals surface area contributed by atoms with E-state index >= 15 is 0 Å². The second-order valence-electron chi connectivity index (χ2n) is 5.18. The molecule has 0 aliphatic heterocycles. The Bertz CT molecular complexity index is 302. The summed E-state index contributed by atoms with van der Waals surface area (Å²) in [6.45, 7) is 4.12. The second-order valence-corrected chi connectivity index (χ2v) is 5.18. The quantitative estimate of drug-likeness (QED) is 0.773. The summed E-state index contributed by atoms with van der Waals surface area (Å²) in [5.41, 5.74) is 10.5. The molecule has 0 unspecified atom stereocenters. The monoisotopic (exact) mass is 277 g/mol. The van der Waals surface area contributed by atoms with Gasteiger partial charge >= 0.3 is 0 Å². The van der Waals surface area contributed by atoms with E-state index in [9.17, 15) is 9.59 Å². The number of carbonyl (C=O) groups excluding carboxylic acids is 2. The number of hydrogen-bond acceptors (Lipinski definition) is 3. The van der Waals surface area contributed by atoms with Crippen LogP contribution in [0.5, 0.6) is 0 Å². The van der Waals surface area contributed by atoms with E-state index in [-0.39, 0.29) is 30.9 Å². The summed E-state index contributed by atoms with van der Waals surface area (Å²) in [7, 11) is 0. The summed E-state index contributed by atoms with van der Waals surface area (Å²) in [5, 5.41) is 0. The van der Waals surface area contributed by atoms with E-state index in [1.807, 2.05) is 13.8 Å². The fourth-order valence-electron chi connectivity index (χ4n) is 2.52. The highest BCUT2D eigenvalue weighted by atomic mass is 35.5. The molecule has 1 rings (SSSR count). The van der Waals surface area contributed by atoms with E-state index in [1.54, 1.807) is 4.90 Å². The van der Waals surface area contributed by atoms with Crippen LogP contribution in [0.2, 0.25) is 0 Å². The van der Waals surface area contributed by atoms with Crippen LogP contribution in [0, 0.1) is 5.41 Å². The van der Waals surface area contributed by atoms with E-state index in [0.717, 1.165) is 25.7 Å². The predicted octanol–water partition coefficient (Wildman–Crippen LogP) is 0.650. The molecule has 6 heteroatoms. The number of amides is 2. The lowest BCUT2D eigenvalue weighted by Gasteiger charge is -2.35. The highest BCUT2D eigenvalue weighted by Crippen LogP contribution is 2.39. The number of halogens is 1. The van der Waals surface area contributed by atoms with Crippen molar-refractivity contribution in [2.45, 2.75) is 45.6 Å². The standard InChI is InChI=1S/C12H23N3O2.ClH/c1-9(2)15(7-10(14)16)11(17)12(8-13)5-3-4-6-12;/h9H,3-8,13H2,1-2H3,(H2,14,16);1H. The SMILES string of the molecule is CC(C)N(CC(N)=O)C(=O)C1(CN)CCCC1.Cl.